The first-order chi connectivity index (χ1) is 14.7. The smallest absolute Gasteiger partial charge is 0.214 e. The summed E-state index contributed by atoms with van der Waals surface area (Å²) in [7, 11) is 1.62. The highest BCUT2D eigenvalue weighted by Gasteiger charge is 2.24. The molecule has 0 saturated heterocycles. The van der Waals surface area contributed by atoms with E-state index in [1.54, 1.807) is 11.8 Å². The minimum atomic E-state index is -0.344. The van der Waals surface area contributed by atoms with Crippen molar-refractivity contribution >= 4 is 17.5 Å². The summed E-state index contributed by atoms with van der Waals surface area (Å²) in [5.41, 5.74) is 4.92. The van der Waals surface area contributed by atoms with E-state index in [4.69, 9.17) is 4.74 Å². The molecule has 2 aromatic carbocycles. The topological polar surface area (TPSA) is 69.9 Å². The third-order valence-corrected chi connectivity index (χ3v) is 6.32. The molecular weight excluding hydrogens is 408 g/mol. The van der Waals surface area contributed by atoms with Gasteiger partial charge in [0.1, 0.15) is 11.4 Å². The maximum absolute atomic E-state index is 13.4. The molecule has 0 aliphatic heterocycles. The van der Waals surface area contributed by atoms with Crippen molar-refractivity contribution in [1.29, 1.82) is 0 Å². The van der Waals surface area contributed by atoms with Gasteiger partial charge in [-0.2, -0.15) is 4.68 Å². The fraction of sp³-hybridized carbons (Fsp3) is 0.417. The van der Waals surface area contributed by atoms with E-state index in [9.17, 15) is 4.79 Å². The van der Waals surface area contributed by atoms with E-state index in [-0.39, 0.29) is 17.0 Å². The molecule has 3 rings (SSSR count). The van der Waals surface area contributed by atoms with Crippen molar-refractivity contribution in [3.8, 4) is 11.4 Å². The summed E-state index contributed by atoms with van der Waals surface area (Å²) in [5.74, 6) is 1.43. The van der Waals surface area contributed by atoms with Crippen LogP contribution in [0.25, 0.3) is 5.69 Å². The highest BCUT2D eigenvalue weighted by atomic mass is 32.2. The number of ketones is 1. The molecule has 7 heteroatoms. The molecule has 0 aliphatic carbocycles. The van der Waals surface area contributed by atoms with Crippen molar-refractivity contribution in [3.63, 3.8) is 0 Å². The van der Waals surface area contributed by atoms with Gasteiger partial charge in [-0.1, -0.05) is 63.7 Å². The Hall–Kier alpha value is -2.67. The predicted octanol–water partition coefficient (Wildman–Crippen LogP) is 5.59. The first-order valence-corrected chi connectivity index (χ1v) is 11.4. The van der Waals surface area contributed by atoms with Crippen LogP contribution >= 0.6 is 11.8 Å². The second-order valence-corrected chi connectivity index (χ2v) is 9.64. The molecule has 31 heavy (non-hydrogen) atoms. The van der Waals surface area contributed by atoms with E-state index >= 15 is 0 Å². The van der Waals surface area contributed by atoms with Crippen molar-refractivity contribution in [2.45, 2.75) is 63.8 Å². The number of benzene rings is 2. The molecule has 0 aliphatic rings. The number of tetrazole rings is 1. The number of carbonyl (C=O) groups excluding carboxylic acids is 1. The maximum Gasteiger partial charge on any atom is 0.214 e. The van der Waals surface area contributed by atoms with Gasteiger partial charge < -0.3 is 4.74 Å². The fourth-order valence-corrected chi connectivity index (χ4v) is 4.31. The Kier molecular flexibility index (Phi) is 7.15. The van der Waals surface area contributed by atoms with Crippen LogP contribution in [0.1, 0.15) is 73.5 Å². The molecule has 0 unspecified atom stereocenters. The van der Waals surface area contributed by atoms with Gasteiger partial charge in [-0.25, -0.2) is 0 Å². The highest BCUT2D eigenvalue weighted by molar-refractivity contribution is 8.00. The van der Waals surface area contributed by atoms with Crippen molar-refractivity contribution in [3.05, 3.63) is 58.7 Å². The molecule has 164 valence electrons. The first-order valence-electron chi connectivity index (χ1n) is 10.5. The number of rotatable bonds is 8. The Morgan fingerprint density at radius 3 is 2.42 bits per heavy atom. The number of thioether (sulfide) groups is 1. The zero-order chi connectivity index (χ0) is 22.7. The van der Waals surface area contributed by atoms with Crippen LogP contribution in [0, 0.1) is 6.92 Å². The molecule has 0 amide bonds. The predicted molar refractivity (Wildman–Crippen MR) is 125 cm³/mol. The van der Waals surface area contributed by atoms with E-state index in [2.05, 4.69) is 55.4 Å². The van der Waals surface area contributed by atoms with Gasteiger partial charge in [0.15, 0.2) is 5.78 Å². The lowest BCUT2D eigenvalue weighted by molar-refractivity contribution is 0.0992. The molecule has 0 radical (unpaired) electrons. The zero-order valence-corrected chi connectivity index (χ0v) is 20.0. The van der Waals surface area contributed by atoms with Crippen molar-refractivity contribution < 1.29 is 9.53 Å². The fourth-order valence-electron chi connectivity index (χ4n) is 3.44. The molecule has 0 saturated carbocycles. The Morgan fingerprint density at radius 1 is 1.03 bits per heavy atom. The maximum atomic E-state index is 13.4. The summed E-state index contributed by atoms with van der Waals surface area (Å²) in [6, 6.07) is 12.0. The Labute approximate surface area is 188 Å². The molecule has 6 nitrogen and oxygen atoms in total. The normalized spacial score (nSPS) is 12.4. The number of aryl methyl sites for hydroxylation is 1. The van der Waals surface area contributed by atoms with Gasteiger partial charge in [0.2, 0.25) is 5.16 Å². The Bertz CT molecular complexity index is 1080. The van der Waals surface area contributed by atoms with Gasteiger partial charge in [0.25, 0.3) is 0 Å². The van der Waals surface area contributed by atoms with Crippen LogP contribution in [0.4, 0.5) is 0 Å². The number of Topliss-reactive ketones (excluding diaryl/α,β-unsaturated/α-hetero) is 1. The van der Waals surface area contributed by atoms with Crippen LogP contribution in [-0.2, 0) is 0 Å². The molecule has 1 atom stereocenters. The van der Waals surface area contributed by atoms with Gasteiger partial charge >= 0.3 is 0 Å². The van der Waals surface area contributed by atoms with Crippen LogP contribution in [0.2, 0.25) is 0 Å². The SMILES string of the molecule is COc1ccc(C)cc1-n1nnnc1S[C@H](C)C(=O)c1ccc(C(C)C)cc1C(C)C. The van der Waals surface area contributed by atoms with Gasteiger partial charge in [0.05, 0.1) is 12.4 Å². The lowest BCUT2D eigenvalue weighted by atomic mass is 9.89. The summed E-state index contributed by atoms with van der Waals surface area (Å²) >= 11 is 1.35. The Balaban J connectivity index is 1.91. The van der Waals surface area contributed by atoms with Crippen LogP contribution in [0.3, 0.4) is 0 Å². The van der Waals surface area contributed by atoms with Gasteiger partial charge in [-0.3, -0.25) is 4.79 Å². The zero-order valence-electron chi connectivity index (χ0n) is 19.2. The number of methoxy groups -OCH3 is 1. The largest absolute Gasteiger partial charge is 0.494 e. The molecule has 0 N–H and O–H groups in total. The molecule has 0 spiro atoms. The third kappa shape index (κ3) is 4.98. The minimum Gasteiger partial charge on any atom is -0.494 e. The minimum absolute atomic E-state index is 0.0785. The van der Waals surface area contributed by atoms with Crippen LogP contribution in [-0.4, -0.2) is 38.4 Å². The number of aromatic nitrogens is 4. The standard InChI is InChI=1S/C24H30N4O2S/c1-14(2)18-9-10-19(20(13-18)15(3)4)23(29)17(6)31-24-25-26-27-28(24)21-12-16(5)8-11-22(21)30-7/h8-15,17H,1-7H3/t17-/m1/s1. The van der Waals surface area contributed by atoms with Crippen molar-refractivity contribution in [1.82, 2.24) is 20.2 Å². The lowest BCUT2D eigenvalue weighted by Gasteiger charge is -2.18. The van der Waals surface area contributed by atoms with Crippen LogP contribution in [0.15, 0.2) is 41.6 Å². The summed E-state index contributed by atoms with van der Waals surface area (Å²) in [6.07, 6.45) is 0. The second-order valence-electron chi connectivity index (χ2n) is 8.33. The van der Waals surface area contributed by atoms with Crippen LogP contribution in [0.5, 0.6) is 5.75 Å². The van der Waals surface area contributed by atoms with Gasteiger partial charge in [-0.15, -0.1) is 5.10 Å². The summed E-state index contributed by atoms with van der Waals surface area (Å²) < 4.78 is 7.11. The average Bonchev–Trinajstić information content (AvgIpc) is 3.20. The molecule has 1 heterocycles. The monoisotopic (exact) mass is 438 g/mol. The third-order valence-electron chi connectivity index (χ3n) is 5.28. The van der Waals surface area contributed by atoms with Crippen LogP contribution < -0.4 is 4.74 Å². The lowest BCUT2D eigenvalue weighted by Crippen LogP contribution is -2.17. The Morgan fingerprint density at radius 2 is 1.77 bits per heavy atom. The quantitative estimate of drug-likeness (QED) is 0.337. The van der Waals surface area contributed by atoms with E-state index in [1.165, 1.54) is 17.3 Å². The number of ether oxygens (including phenoxy) is 1. The molecule has 1 aromatic heterocycles. The van der Waals surface area contributed by atoms with E-state index in [1.807, 2.05) is 38.1 Å². The highest BCUT2D eigenvalue weighted by Crippen LogP contribution is 2.32. The average molecular weight is 439 g/mol. The number of hydrogen-bond donors (Lipinski definition) is 0. The molecule has 0 bridgehead atoms. The first kappa shape index (κ1) is 23.0. The van der Waals surface area contributed by atoms with E-state index in [0.717, 1.165) is 22.4 Å². The number of hydrogen-bond acceptors (Lipinski definition) is 6. The molecule has 3 aromatic rings. The van der Waals surface area contributed by atoms with Crippen molar-refractivity contribution in [2.24, 2.45) is 0 Å². The summed E-state index contributed by atoms with van der Waals surface area (Å²) in [4.78, 5) is 13.4. The summed E-state index contributed by atoms with van der Waals surface area (Å²) in [6.45, 7) is 12.5. The van der Waals surface area contributed by atoms with Gasteiger partial charge in [-0.05, 0) is 64.9 Å². The molecule has 0 fully saturated rings. The van der Waals surface area contributed by atoms with E-state index < -0.39 is 0 Å². The molecular formula is C24H30N4O2S. The number of nitrogens with zero attached hydrogens (tertiary/aromatic N) is 4. The number of carbonyl (C=O) groups is 1. The van der Waals surface area contributed by atoms with E-state index in [0.29, 0.717) is 16.8 Å². The van der Waals surface area contributed by atoms with Crippen molar-refractivity contribution in [2.75, 3.05) is 7.11 Å². The van der Waals surface area contributed by atoms with Gasteiger partial charge in [0, 0.05) is 5.56 Å². The summed E-state index contributed by atoms with van der Waals surface area (Å²) in [5, 5.41) is 12.4. The second kappa shape index (κ2) is 9.64.